The Morgan fingerprint density at radius 2 is 2.15 bits per heavy atom. The van der Waals surface area contributed by atoms with Crippen molar-refractivity contribution in [1.82, 2.24) is 9.47 Å². The van der Waals surface area contributed by atoms with Crippen molar-refractivity contribution in [1.29, 1.82) is 0 Å². The van der Waals surface area contributed by atoms with Gasteiger partial charge in [0, 0.05) is 35.1 Å². The van der Waals surface area contributed by atoms with Gasteiger partial charge >= 0.3 is 5.97 Å². The molecule has 0 amide bonds. The van der Waals surface area contributed by atoms with E-state index < -0.39 is 0 Å². The van der Waals surface area contributed by atoms with Crippen molar-refractivity contribution in [2.45, 2.75) is 50.8 Å². The number of nitrogens with zero attached hydrogens (tertiary/aromatic N) is 2. The molecule has 4 atom stereocenters. The number of aromatic nitrogens is 1. The van der Waals surface area contributed by atoms with E-state index in [4.69, 9.17) is 4.74 Å². The fourth-order valence-corrected chi connectivity index (χ4v) is 6.04. The third-order valence-electron chi connectivity index (χ3n) is 7.25. The Bertz CT molecular complexity index is 889. The molecule has 26 heavy (non-hydrogen) atoms. The normalized spacial score (nSPS) is 33.1. The van der Waals surface area contributed by atoms with Crippen molar-refractivity contribution in [3.05, 3.63) is 35.5 Å². The molecule has 0 bridgehead atoms. The molecule has 0 aliphatic carbocycles. The number of carbonyl (C=O) groups excluding carboxylic acids is 1. The zero-order valence-corrected chi connectivity index (χ0v) is 15.4. The highest BCUT2D eigenvalue weighted by atomic mass is 16.5. The molecule has 138 valence electrons. The lowest BCUT2D eigenvalue weighted by atomic mass is 9.61. The van der Waals surface area contributed by atoms with E-state index in [1.54, 1.807) is 0 Å². The van der Waals surface area contributed by atoms with E-state index in [0.717, 1.165) is 37.9 Å². The largest absolute Gasteiger partial charge is 0.467 e. The van der Waals surface area contributed by atoms with Crippen LogP contribution in [-0.2, 0) is 16.0 Å². The predicted octanol–water partition coefficient (Wildman–Crippen LogP) is 2.82. The second kappa shape index (κ2) is 5.57. The topological polar surface area (TPSA) is 54.7 Å². The first-order valence-corrected chi connectivity index (χ1v) is 9.74. The third-order valence-corrected chi connectivity index (χ3v) is 7.25. The van der Waals surface area contributed by atoms with Gasteiger partial charge in [-0.25, -0.2) is 4.79 Å². The van der Waals surface area contributed by atoms with Crippen molar-refractivity contribution in [2.75, 3.05) is 20.2 Å². The lowest BCUT2D eigenvalue weighted by Crippen LogP contribution is -2.59. The van der Waals surface area contributed by atoms with Crippen LogP contribution in [0.15, 0.2) is 24.3 Å². The number of para-hydroxylation sites is 1. The number of hydrogen-bond donors (Lipinski definition) is 1. The van der Waals surface area contributed by atoms with Gasteiger partial charge in [0.1, 0.15) is 6.04 Å². The number of fused-ring (bicyclic) bond motifs is 3. The highest BCUT2D eigenvalue weighted by Crippen LogP contribution is 2.59. The van der Waals surface area contributed by atoms with Crippen LogP contribution in [0.4, 0.5) is 0 Å². The zero-order chi connectivity index (χ0) is 18.1. The van der Waals surface area contributed by atoms with Crippen LogP contribution in [0.1, 0.15) is 49.5 Å². The molecule has 0 unspecified atom stereocenters. The number of piperidine rings is 1. The van der Waals surface area contributed by atoms with Crippen LogP contribution in [0, 0.1) is 5.41 Å². The quantitative estimate of drug-likeness (QED) is 0.843. The maximum atomic E-state index is 12.8. The molecular formula is C21H26N2O3. The summed E-state index contributed by atoms with van der Waals surface area (Å²) in [5, 5.41) is 12.3. The molecule has 2 aromatic rings. The number of carbonyl (C=O) groups is 1. The standard InChI is InChI=1S/C21H26N2O3/c1-3-21-12-16(20(25)26-2)23-15-7-5-4-6-13(15)14-8-10-22(11-9-17(21)24)19(21)18(14)23/h4-7,16-17,19,24H,3,8-12H2,1-2H3/t16-,17-,19-,21-/m1/s1. The van der Waals surface area contributed by atoms with Crippen molar-refractivity contribution in [3.8, 4) is 0 Å². The Morgan fingerprint density at radius 1 is 1.35 bits per heavy atom. The molecule has 1 saturated heterocycles. The first kappa shape index (κ1) is 16.3. The van der Waals surface area contributed by atoms with Crippen LogP contribution in [0.3, 0.4) is 0 Å². The molecule has 0 radical (unpaired) electrons. The Labute approximate surface area is 153 Å². The van der Waals surface area contributed by atoms with Gasteiger partial charge < -0.3 is 14.4 Å². The first-order valence-electron chi connectivity index (χ1n) is 9.74. The summed E-state index contributed by atoms with van der Waals surface area (Å²) >= 11 is 0. The van der Waals surface area contributed by atoms with Gasteiger partial charge in [-0.1, -0.05) is 25.1 Å². The maximum Gasteiger partial charge on any atom is 0.328 e. The van der Waals surface area contributed by atoms with Crippen LogP contribution in [0.2, 0.25) is 0 Å². The van der Waals surface area contributed by atoms with Crippen molar-refractivity contribution >= 4 is 16.9 Å². The average Bonchev–Trinajstić information content (AvgIpc) is 3.02. The van der Waals surface area contributed by atoms with Crippen LogP contribution in [0.25, 0.3) is 10.9 Å². The minimum absolute atomic E-state index is 0.188. The van der Waals surface area contributed by atoms with Crippen LogP contribution in [0.5, 0.6) is 0 Å². The van der Waals surface area contributed by atoms with Crippen molar-refractivity contribution < 1.29 is 14.6 Å². The minimum Gasteiger partial charge on any atom is -0.467 e. The summed E-state index contributed by atoms with van der Waals surface area (Å²) in [4.78, 5) is 15.3. The Balaban J connectivity index is 1.85. The zero-order valence-electron chi connectivity index (χ0n) is 15.4. The van der Waals surface area contributed by atoms with Crippen LogP contribution < -0.4 is 0 Å². The molecule has 1 fully saturated rings. The number of aliphatic hydroxyl groups is 1. The monoisotopic (exact) mass is 354 g/mol. The minimum atomic E-state index is -0.376. The number of hydrogen-bond acceptors (Lipinski definition) is 4. The fourth-order valence-electron chi connectivity index (χ4n) is 6.04. The van der Waals surface area contributed by atoms with E-state index in [-0.39, 0.29) is 29.6 Å². The molecule has 5 heteroatoms. The molecule has 1 N–H and O–H groups in total. The molecule has 0 saturated carbocycles. The molecule has 1 aromatic carbocycles. The van der Waals surface area contributed by atoms with E-state index >= 15 is 0 Å². The second-order valence-corrected chi connectivity index (χ2v) is 8.07. The van der Waals surface area contributed by atoms with E-state index in [1.165, 1.54) is 23.8 Å². The van der Waals surface area contributed by atoms with Gasteiger partial charge in [-0.2, -0.15) is 0 Å². The van der Waals surface area contributed by atoms with E-state index in [1.807, 2.05) is 6.07 Å². The fraction of sp³-hybridized carbons (Fsp3) is 0.571. The van der Waals surface area contributed by atoms with Gasteiger partial charge in [-0.3, -0.25) is 4.90 Å². The number of methoxy groups -OCH3 is 1. The smallest absolute Gasteiger partial charge is 0.328 e. The van der Waals surface area contributed by atoms with Crippen molar-refractivity contribution in [3.63, 3.8) is 0 Å². The molecule has 5 nitrogen and oxygen atoms in total. The van der Waals surface area contributed by atoms with Crippen LogP contribution in [-0.4, -0.2) is 46.8 Å². The van der Waals surface area contributed by atoms with E-state index in [9.17, 15) is 9.90 Å². The second-order valence-electron chi connectivity index (χ2n) is 8.07. The SMILES string of the molecule is CC[C@@]12C[C@H](C(=O)OC)n3c4c(c5ccccc53)CCN(CC[C@H]1O)[C@H]42. The molecule has 4 heterocycles. The summed E-state index contributed by atoms with van der Waals surface area (Å²) in [6.07, 6.45) is 2.92. The first-order chi connectivity index (χ1) is 12.6. The van der Waals surface area contributed by atoms with Gasteiger partial charge in [-0.05, 0) is 37.3 Å². The molecule has 1 aromatic heterocycles. The number of ether oxygens (including phenoxy) is 1. The van der Waals surface area contributed by atoms with Crippen LogP contribution >= 0.6 is 0 Å². The molecule has 3 aliphatic rings. The number of rotatable bonds is 2. The Morgan fingerprint density at radius 3 is 2.92 bits per heavy atom. The molecule has 5 rings (SSSR count). The summed E-state index contributed by atoms with van der Waals surface area (Å²) < 4.78 is 7.43. The number of benzene rings is 1. The highest BCUT2D eigenvalue weighted by Gasteiger charge is 2.58. The summed E-state index contributed by atoms with van der Waals surface area (Å²) in [6.45, 7) is 4.12. The summed E-state index contributed by atoms with van der Waals surface area (Å²) in [5.74, 6) is -0.199. The highest BCUT2D eigenvalue weighted by molar-refractivity contribution is 5.89. The van der Waals surface area contributed by atoms with Gasteiger partial charge in [0.2, 0.25) is 0 Å². The Hall–Kier alpha value is -1.85. The predicted molar refractivity (Wildman–Crippen MR) is 99.0 cm³/mol. The van der Waals surface area contributed by atoms with Crippen molar-refractivity contribution in [2.24, 2.45) is 5.41 Å². The summed E-state index contributed by atoms with van der Waals surface area (Å²) in [5.41, 5.74) is 3.46. The van der Waals surface area contributed by atoms with Gasteiger partial charge in [0.05, 0.1) is 19.3 Å². The van der Waals surface area contributed by atoms with Gasteiger partial charge in [-0.15, -0.1) is 0 Å². The van der Waals surface area contributed by atoms with Gasteiger partial charge in [0.15, 0.2) is 0 Å². The molecule has 3 aliphatic heterocycles. The summed E-state index contributed by atoms with van der Waals surface area (Å²) in [7, 11) is 1.47. The van der Waals surface area contributed by atoms with E-state index in [2.05, 4.69) is 34.6 Å². The maximum absolute atomic E-state index is 12.8. The summed E-state index contributed by atoms with van der Waals surface area (Å²) in [6, 6.07) is 8.23. The molecule has 0 spiro atoms. The average molecular weight is 354 g/mol. The van der Waals surface area contributed by atoms with Gasteiger partial charge in [0.25, 0.3) is 0 Å². The lowest BCUT2D eigenvalue weighted by Gasteiger charge is -2.58. The molecular weight excluding hydrogens is 328 g/mol. The number of aliphatic hydroxyl groups excluding tert-OH is 1. The Kier molecular flexibility index (Phi) is 3.50. The van der Waals surface area contributed by atoms with E-state index in [0.29, 0.717) is 6.42 Å². The third kappa shape index (κ3) is 1.85. The number of esters is 1. The lowest BCUT2D eigenvalue weighted by molar-refractivity contribution is -0.156.